The first-order valence-electron chi connectivity index (χ1n) is 15.4. The quantitative estimate of drug-likeness (QED) is 0.327. The van der Waals surface area contributed by atoms with Crippen LogP contribution < -0.4 is 25.0 Å². The fourth-order valence-electron chi connectivity index (χ4n) is 5.43. The van der Waals surface area contributed by atoms with Crippen molar-refractivity contribution < 1.29 is 33.3 Å². The van der Waals surface area contributed by atoms with Gasteiger partial charge in [0.2, 0.25) is 5.88 Å². The van der Waals surface area contributed by atoms with Crippen LogP contribution in [0.5, 0.6) is 11.6 Å². The largest absolute Gasteiger partial charge is 0.480 e. The van der Waals surface area contributed by atoms with E-state index in [4.69, 9.17) is 23.9 Å². The SMILES string of the molecule is CC(C)(C)OC(=O)N1CC[C@H](Oc2cccc(-c3cccc(CNCC[C@H]4CN(c5ccc6c(n5)NC(=O)CO6)C(=O)O4)c3)n2)C1. The summed E-state index contributed by atoms with van der Waals surface area (Å²) in [5, 5.41) is 6.09. The van der Waals surface area contributed by atoms with E-state index in [-0.39, 0.29) is 30.8 Å². The van der Waals surface area contributed by atoms with E-state index in [2.05, 4.69) is 21.7 Å². The highest BCUT2D eigenvalue weighted by Gasteiger charge is 2.34. The lowest BCUT2D eigenvalue weighted by Gasteiger charge is -2.24. The van der Waals surface area contributed by atoms with Crippen molar-refractivity contribution in [3.05, 3.63) is 60.2 Å². The molecular weight excluding hydrogens is 592 g/mol. The average molecular weight is 631 g/mol. The number of pyridine rings is 2. The maximum absolute atomic E-state index is 12.5. The second-order valence-electron chi connectivity index (χ2n) is 12.5. The van der Waals surface area contributed by atoms with Gasteiger partial charge >= 0.3 is 12.2 Å². The highest BCUT2D eigenvalue weighted by molar-refractivity contribution is 5.95. The third kappa shape index (κ3) is 7.65. The van der Waals surface area contributed by atoms with Gasteiger partial charge in [-0.2, -0.15) is 0 Å². The number of aromatic nitrogens is 2. The minimum absolute atomic E-state index is 0.0580. The number of likely N-dealkylation sites (tertiary alicyclic amines) is 1. The van der Waals surface area contributed by atoms with E-state index in [1.165, 1.54) is 4.90 Å². The van der Waals surface area contributed by atoms with Crippen molar-refractivity contribution in [1.82, 2.24) is 20.2 Å². The molecule has 0 spiro atoms. The molecule has 0 unspecified atom stereocenters. The van der Waals surface area contributed by atoms with E-state index >= 15 is 0 Å². The van der Waals surface area contributed by atoms with Crippen molar-refractivity contribution in [2.75, 3.05) is 43.0 Å². The van der Waals surface area contributed by atoms with Gasteiger partial charge in [0.1, 0.15) is 23.6 Å². The molecule has 2 fully saturated rings. The first-order chi connectivity index (χ1) is 22.1. The molecule has 46 heavy (non-hydrogen) atoms. The Balaban J connectivity index is 0.976. The molecule has 2 N–H and O–H groups in total. The van der Waals surface area contributed by atoms with Gasteiger partial charge in [0, 0.05) is 31.1 Å². The summed E-state index contributed by atoms with van der Waals surface area (Å²) in [7, 11) is 0. The monoisotopic (exact) mass is 630 g/mol. The third-order valence-corrected chi connectivity index (χ3v) is 7.61. The number of anilines is 2. The van der Waals surface area contributed by atoms with Gasteiger partial charge in [-0.3, -0.25) is 9.69 Å². The second kappa shape index (κ2) is 13.2. The summed E-state index contributed by atoms with van der Waals surface area (Å²) in [6.07, 6.45) is 0.0967. The lowest BCUT2D eigenvalue weighted by molar-refractivity contribution is -0.118. The first-order valence-corrected chi connectivity index (χ1v) is 15.4. The van der Waals surface area contributed by atoms with Gasteiger partial charge in [-0.1, -0.05) is 24.3 Å². The average Bonchev–Trinajstić information content (AvgIpc) is 3.65. The van der Waals surface area contributed by atoms with Gasteiger partial charge in [0.05, 0.1) is 18.8 Å². The van der Waals surface area contributed by atoms with Crippen LogP contribution in [0.15, 0.2) is 54.6 Å². The van der Waals surface area contributed by atoms with Crippen LogP contribution in [0.3, 0.4) is 0 Å². The zero-order chi connectivity index (χ0) is 32.3. The molecule has 3 amide bonds. The summed E-state index contributed by atoms with van der Waals surface area (Å²) in [6.45, 7) is 8.18. The highest BCUT2D eigenvalue weighted by Crippen LogP contribution is 2.30. The van der Waals surface area contributed by atoms with Crippen LogP contribution in [0, 0.1) is 0 Å². The molecule has 1 aromatic carbocycles. The number of fused-ring (bicyclic) bond motifs is 1. The van der Waals surface area contributed by atoms with Crippen LogP contribution >= 0.6 is 0 Å². The number of nitrogens with zero attached hydrogens (tertiary/aromatic N) is 4. The van der Waals surface area contributed by atoms with E-state index in [1.54, 1.807) is 17.0 Å². The number of carbonyl (C=O) groups excluding carboxylic acids is 3. The molecule has 0 saturated carbocycles. The number of hydrogen-bond donors (Lipinski definition) is 2. The van der Waals surface area contributed by atoms with E-state index < -0.39 is 11.7 Å². The van der Waals surface area contributed by atoms with Gasteiger partial charge in [-0.05, 0) is 63.6 Å². The van der Waals surface area contributed by atoms with Crippen LogP contribution in [0.2, 0.25) is 0 Å². The number of carbonyl (C=O) groups is 3. The zero-order valence-corrected chi connectivity index (χ0v) is 26.2. The third-order valence-electron chi connectivity index (χ3n) is 7.61. The molecule has 0 aliphatic carbocycles. The lowest BCUT2D eigenvalue weighted by atomic mass is 10.1. The summed E-state index contributed by atoms with van der Waals surface area (Å²) >= 11 is 0. The molecule has 13 heteroatoms. The number of rotatable bonds is 9. The standard InChI is InChI=1S/C33H38N6O7/c1-33(2,3)46-31(41)38-15-13-24(18-38)44-29-9-5-8-25(35-29)22-7-4-6-21(16-22)17-34-14-12-23-19-39(32(42)45-23)27-11-10-26-30(36-27)37-28(40)20-43-26/h4-11,16,23-24,34H,12-15,17-20H2,1-3H3,(H,36,37,40)/t23-,24-/m0/s1. The Kier molecular flexibility index (Phi) is 8.93. The normalized spacial score (nSPS) is 19.3. The maximum Gasteiger partial charge on any atom is 0.415 e. The van der Waals surface area contributed by atoms with E-state index in [1.807, 2.05) is 57.2 Å². The van der Waals surface area contributed by atoms with Crippen LogP contribution in [0.4, 0.5) is 21.2 Å². The van der Waals surface area contributed by atoms with Crippen molar-refractivity contribution >= 4 is 29.7 Å². The Morgan fingerprint density at radius 1 is 1.09 bits per heavy atom. The Hall–Kier alpha value is -4.91. The molecule has 3 aromatic rings. The maximum atomic E-state index is 12.5. The predicted octanol–water partition coefficient (Wildman–Crippen LogP) is 4.37. The van der Waals surface area contributed by atoms with Gasteiger partial charge in [0.15, 0.2) is 18.2 Å². The number of hydrogen-bond acceptors (Lipinski definition) is 10. The Bertz CT molecular complexity index is 1610. The van der Waals surface area contributed by atoms with E-state index in [9.17, 15) is 14.4 Å². The summed E-state index contributed by atoms with van der Waals surface area (Å²) < 4.78 is 22.5. The molecule has 2 saturated heterocycles. The van der Waals surface area contributed by atoms with Gasteiger partial charge < -0.3 is 34.5 Å². The Labute approximate surface area is 267 Å². The predicted molar refractivity (Wildman–Crippen MR) is 169 cm³/mol. The Morgan fingerprint density at radius 3 is 2.78 bits per heavy atom. The molecule has 242 valence electrons. The summed E-state index contributed by atoms with van der Waals surface area (Å²) in [4.78, 5) is 48.8. The fraction of sp³-hybridized carbons (Fsp3) is 0.424. The minimum Gasteiger partial charge on any atom is -0.480 e. The summed E-state index contributed by atoms with van der Waals surface area (Å²) in [5.74, 6) is 1.39. The van der Waals surface area contributed by atoms with Crippen LogP contribution in [-0.2, 0) is 20.8 Å². The Morgan fingerprint density at radius 2 is 1.93 bits per heavy atom. The second-order valence-corrected chi connectivity index (χ2v) is 12.5. The minimum atomic E-state index is -0.539. The molecule has 6 rings (SSSR count). The topological polar surface area (TPSA) is 144 Å². The van der Waals surface area contributed by atoms with Gasteiger partial charge in [0.25, 0.3) is 5.91 Å². The van der Waals surface area contributed by atoms with E-state index in [0.29, 0.717) is 68.8 Å². The van der Waals surface area contributed by atoms with Crippen molar-refractivity contribution in [3.8, 4) is 22.9 Å². The molecule has 2 atom stereocenters. The van der Waals surface area contributed by atoms with Crippen LogP contribution in [0.1, 0.15) is 39.2 Å². The smallest absolute Gasteiger partial charge is 0.415 e. The summed E-state index contributed by atoms with van der Waals surface area (Å²) in [6, 6.07) is 17.2. The van der Waals surface area contributed by atoms with Crippen molar-refractivity contribution in [3.63, 3.8) is 0 Å². The molecule has 3 aliphatic heterocycles. The molecule has 3 aliphatic rings. The molecular formula is C33H38N6O7. The summed E-state index contributed by atoms with van der Waals surface area (Å²) in [5.41, 5.74) is 2.30. The highest BCUT2D eigenvalue weighted by atomic mass is 16.6. The number of ether oxygens (including phenoxy) is 4. The number of nitrogens with one attached hydrogen (secondary N) is 2. The fourth-order valence-corrected chi connectivity index (χ4v) is 5.43. The van der Waals surface area contributed by atoms with Gasteiger partial charge in [-0.25, -0.2) is 19.6 Å². The van der Waals surface area contributed by atoms with Crippen molar-refractivity contribution in [2.24, 2.45) is 0 Å². The molecule has 0 bridgehead atoms. The van der Waals surface area contributed by atoms with Crippen LogP contribution in [0.25, 0.3) is 11.3 Å². The van der Waals surface area contributed by atoms with Gasteiger partial charge in [-0.15, -0.1) is 0 Å². The number of benzene rings is 1. The first kappa shape index (κ1) is 31.1. The molecule has 5 heterocycles. The molecule has 0 radical (unpaired) electrons. The lowest BCUT2D eigenvalue weighted by Crippen LogP contribution is -2.36. The van der Waals surface area contributed by atoms with Crippen molar-refractivity contribution in [1.29, 1.82) is 0 Å². The zero-order valence-electron chi connectivity index (χ0n) is 26.2. The van der Waals surface area contributed by atoms with Crippen LogP contribution in [-0.4, -0.2) is 83.6 Å². The number of cyclic esters (lactones) is 1. The van der Waals surface area contributed by atoms with Crippen molar-refractivity contribution in [2.45, 2.75) is 58.0 Å². The number of amides is 3. The molecule has 2 aromatic heterocycles. The van der Waals surface area contributed by atoms with E-state index in [0.717, 1.165) is 16.8 Å². The molecule has 13 nitrogen and oxygen atoms in total.